The van der Waals surface area contributed by atoms with Crippen molar-refractivity contribution in [3.8, 4) is 5.88 Å². The van der Waals surface area contributed by atoms with Gasteiger partial charge in [0.25, 0.3) is 5.91 Å². The Balaban J connectivity index is 1.93. The minimum atomic E-state index is -5.70. The van der Waals surface area contributed by atoms with E-state index in [9.17, 15) is 26.7 Å². The maximum atomic E-state index is 12.8. The van der Waals surface area contributed by atoms with Crippen molar-refractivity contribution in [2.24, 2.45) is 0 Å². The number of ether oxygens (including phenoxy) is 1. The van der Waals surface area contributed by atoms with Crippen molar-refractivity contribution in [3.05, 3.63) is 47.3 Å². The zero-order valence-electron chi connectivity index (χ0n) is 15.6. The van der Waals surface area contributed by atoms with Crippen LogP contribution in [0.4, 0.5) is 27.8 Å². The summed E-state index contributed by atoms with van der Waals surface area (Å²) in [6, 6.07) is 5.76. The van der Waals surface area contributed by atoms with Gasteiger partial charge < -0.3 is 15.4 Å². The Bertz CT molecular complexity index is 841. The highest BCUT2D eigenvalue weighted by atomic mass is 19.4. The van der Waals surface area contributed by atoms with Crippen LogP contribution in [-0.4, -0.2) is 41.1 Å². The van der Waals surface area contributed by atoms with Gasteiger partial charge in [-0.05, 0) is 31.5 Å². The Kier molecular flexibility index (Phi) is 6.93. The number of nitrogens with one attached hydrogen (secondary N) is 2. The fraction of sp³-hybridized carbons (Fsp3) is 0.389. The molecular formula is C18H19F5N4O2. The standard InChI is InChI=1S/C18H19F5N4O2/c1-3-24-14-7-13(6-11(2)27-14)16(28)26-9-12-4-5-15(25-8-12)29-10-17(19,20)18(21,22)23/h4-8H,3,9-10H2,1-2H3,(H,24,27)(H,26,28). The van der Waals surface area contributed by atoms with Crippen LogP contribution in [0.15, 0.2) is 30.5 Å². The lowest BCUT2D eigenvalue weighted by Crippen LogP contribution is -2.41. The topological polar surface area (TPSA) is 76.1 Å². The third-order valence-electron chi connectivity index (χ3n) is 3.64. The van der Waals surface area contributed by atoms with E-state index < -0.39 is 18.7 Å². The number of hydrogen-bond donors (Lipinski definition) is 2. The Morgan fingerprint density at radius 2 is 1.90 bits per heavy atom. The molecule has 11 heteroatoms. The molecule has 0 saturated carbocycles. The monoisotopic (exact) mass is 418 g/mol. The molecule has 0 aliphatic rings. The van der Waals surface area contributed by atoms with E-state index in [4.69, 9.17) is 0 Å². The van der Waals surface area contributed by atoms with E-state index in [2.05, 4.69) is 25.3 Å². The minimum absolute atomic E-state index is 0.0722. The fourth-order valence-electron chi connectivity index (χ4n) is 2.20. The lowest BCUT2D eigenvalue weighted by atomic mass is 10.2. The first-order valence-electron chi connectivity index (χ1n) is 8.55. The van der Waals surface area contributed by atoms with Crippen molar-refractivity contribution >= 4 is 11.7 Å². The maximum absolute atomic E-state index is 12.8. The summed E-state index contributed by atoms with van der Waals surface area (Å²) in [5.74, 6) is -5.16. The van der Waals surface area contributed by atoms with Crippen LogP contribution in [0, 0.1) is 6.92 Å². The first kappa shape index (κ1) is 22.3. The number of rotatable bonds is 8. The van der Waals surface area contributed by atoms with Crippen molar-refractivity contribution in [2.45, 2.75) is 32.5 Å². The van der Waals surface area contributed by atoms with Crippen LogP contribution in [0.2, 0.25) is 0 Å². The number of halogens is 5. The van der Waals surface area contributed by atoms with Gasteiger partial charge in [0.15, 0.2) is 6.61 Å². The molecule has 0 saturated heterocycles. The molecule has 0 bridgehead atoms. The van der Waals surface area contributed by atoms with E-state index in [0.717, 1.165) is 6.07 Å². The van der Waals surface area contributed by atoms with Crippen LogP contribution in [-0.2, 0) is 6.54 Å². The number of nitrogens with zero attached hydrogens (tertiary/aromatic N) is 2. The predicted octanol–water partition coefficient (Wildman–Crippen LogP) is 3.72. The Hall–Kier alpha value is -2.98. The summed E-state index contributed by atoms with van der Waals surface area (Å²) in [5, 5.41) is 5.68. The van der Waals surface area contributed by atoms with Crippen LogP contribution in [0.1, 0.15) is 28.5 Å². The van der Waals surface area contributed by atoms with E-state index in [1.807, 2.05) is 6.92 Å². The minimum Gasteiger partial charge on any atom is -0.471 e. The van der Waals surface area contributed by atoms with Crippen molar-refractivity contribution < 1.29 is 31.5 Å². The zero-order valence-corrected chi connectivity index (χ0v) is 15.6. The van der Waals surface area contributed by atoms with Crippen molar-refractivity contribution in [3.63, 3.8) is 0 Å². The first-order chi connectivity index (χ1) is 13.5. The van der Waals surface area contributed by atoms with Crippen LogP contribution in [0.3, 0.4) is 0 Å². The molecule has 6 nitrogen and oxygen atoms in total. The van der Waals surface area contributed by atoms with Crippen LogP contribution in [0.25, 0.3) is 0 Å². The number of aryl methyl sites for hydroxylation is 1. The Morgan fingerprint density at radius 3 is 2.48 bits per heavy atom. The molecule has 0 aromatic carbocycles. The summed E-state index contributed by atoms with van der Waals surface area (Å²) < 4.78 is 66.4. The number of carbonyl (C=O) groups excluding carboxylic acids is 1. The molecule has 2 heterocycles. The Labute approximate surface area is 163 Å². The molecule has 0 aliphatic heterocycles. The number of aromatic nitrogens is 2. The highest BCUT2D eigenvalue weighted by Gasteiger charge is 2.58. The molecule has 158 valence electrons. The molecule has 0 aliphatic carbocycles. The second-order valence-electron chi connectivity index (χ2n) is 6.09. The molecule has 0 fully saturated rings. The normalized spacial score (nSPS) is 11.8. The predicted molar refractivity (Wildman–Crippen MR) is 95.0 cm³/mol. The fourth-order valence-corrected chi connectivity index (χ4v) is 2.20. The maximum Gasteiger partial charge on any atom is 0.456 e. The summed E-state index contributed by atoms with van der Waals surface area (Å²) >= 11 is 0. The molecule has 29 heavy (non-hydrogen) atoms. The van der Waals surface area contributed by atoms with Gasteiger partial charge in [-0.15, -0.1) is 0 Å². The van der Waals surface area contributed by atoms with Gasteiger partial charge in [0.05, 0.1) is 0 Å². The van der Waals surface area contributed by atoms with E-state index >= 15 is 0 Å². The number of alkyl halides is 5. The molecule has 0 radical (unpaired) electrons. The summed E-state index contributed by atoms with van der Waals surface area (Å²) in [4.78, 5) is 20.2. The van der Waals surface area contributed by atoms with Gasteiger partial charge in [0.2, 0.25) is 5.88 Å². The van der Waals surface area contributed by atoms with Gasteiger partial charge in [0.1, 0.15) is 5.82 Å². The lowest BCUT2D eigenvalue weighted by Gasteiger charge is -2.19. The smallest absolute Gasteiger partial charge is 0.456 e. The average molecular weight is 418 g/mol. The van der Waals surface area contributed by atoms with Gasteiger partial charge in [-0.3, -0.25) is 4.79 Å². The van der Waals surface area contributed by atoms with Gasteiger partial charge in [-0.2, -0.15) is 22.0 Å². The molecule has 0 atom stereocenters. The third kappa shape index (κ3) is 6.26. The summed E-state index contributed by atoms with van der Waals surface area (Å²) in [6.07, 6.45) is -4.49. The van der Waals surface area contributed by atoms with Gasteiger partial charge in [0, 0.05) is 36.6 Å². The van der Waals surface area contributed by atoms with Crippen molar-refractivity contribution in [1.82, 2.24) is 15.3 Å². The average Bonchev–Trinajstić information content (AvgIpc) is 2.64. The molecule has 2 aromatic rings. The molecule has 0 spiro atoms. The summed E-state index contributed by atoms with van der Waals surface area (Å²) in [7, 11) is 0. The summed E-state index contributed by atoms with van der Waals surface area (Å²) in [6.45, 7) is 2.50. The Morgan fingerprint density at radius 1 is 1.17 bits per heavy atom. The van der Waals surface area contributed by atoms with Crippen LogP contribution < -0.4 is 15.4 Å². The highest BCUT2D eigenvalue weighted by Crippen LogP contribution is 2.35. The van der Waals surface area contributed by atoms with Crippen molar-refractivity contribution in [2.75, 3.05) is 18.5 Å². The zero-order chi connectivity index (χ0) is 21.7. The van der Waals surface area contributed by atoms with Gasteiger partial charge >= 0.3 is 12.1 Å². The van der Waals surface area contributed by atoms with Crippen LogP contribution >= 0.6 is 0 Å². The van der Waals surface area contributed by atoms with E-state index in [0.29, 0.717) is 29.2 Å². The SMILES string of the molecule is CCNc1cc(C(=O)NCc2ccc(OCC(F)(F)C(F)(F)F)nc2)cc(C)n1. The van der Waals surface area contributed by atoms with Gasteiger partial charge in [-0.25, -0.2) is 9.97 Å². The largest absolute Gasteiger partial charge is 0.471 e. The number of carbonyl (C=O) groups is 1. The van der Waals surface area contributed by atoms with Crippen molar-refractivity contribution in [1.29, 1.82) is 0 Å². The molecule has 1 amide bonds. The second-order valence-corrected chi connectivity index (χ2v) is 6.09. The first-order valence-corrected chi connectivity index (χ1v) is 8.55. The molecule has 2 N–H and O–H groups in total. The third-order valence-corrected chi connectivity index (χ3v) is 3.64. The van der Waals surface area contributed by atoms with Crippen LogP contribution in [0.5, 0.6) is 5.88 Å². The second kappa shape index (κ2) is 9.01. The van der Waals surface area contributed by atoms with E-state index in [1.165, 1.54) is 12.3 Å². The highest BCUT2D eigenvalue weighted by molar-refractivity contribution is 5.94. The summed E-state index contributed by atoms with van der Waals surface area (Å²) in [5.41, 5.74) is 1.56. The lowest BCUT2D eigenvalue weighted by molar-refractivity contribution is -0.290. The quantitative estimate of drug-likeness (QED) is 0.639. The molecule has 2 rings (SSSR count). The molecule has 2 aromatic heterocycles. The number of anilines is 1. The molecular weight excluding hydrogens is 399 g/mol. The molecule has 0 unspecified atom stereocenters. The number of amides is 1. The van der Waals surface area contributed by atoms with Gasteiger partial charge in [-0.1, -0.05) is 6.07 Å². The van der Waals surface area contributed by atoms with E-state index in [-0.39, 0.29) is 18.3 Å². The van der Waals surface area contributed by atoms with E-state index in [1.54, 1.807) is 19.1 Å². The number of hydrogen-bond acceptors (Lipinski definition) is 5. The number of pyridine rings is 2.